The summed E-state index contributed by atoms with van der Waals surface area (Å²) >= 11 is 0. The Morgan fingerprint density at radius 1 is 1.50 bits per heavy atom. The molecule has 0 aromatic heterocycles. The topological polar surface area (TPSA) is 38.3 Å². The molecule has 0 aliphatic heterocycles. The predicted octanol–water partition coefficient (Wildman–Crippen LogP) is 1.11. The van der Waals surface area contributed by atoms with Crippen LogP contribution in [0.2, 0.25) is 0 Å². The molecule has 0 rings (SSSR count). The molecule has 3 nitrogen and oxygen atoms in total. The summed E-state index contributed by atoms with van der Waals surface area (Å²) in [7, 11) is 0. The zero-order valence-electron chi connectivity index (χ0n) is 8.02. The number of carbonyl (C=O) groups is 1. The number of hydrogen-bond donors (Lipinski definition) is 1. The lowest BCUT2D eigenvalue weighted by atomic mass is 10.3. The monoisotopic (exact) mass is 171 g/mol. The maximum atomic E-state index is 10.6. The molecule has 0 radical (unpaired) electrons. The highest BCUT2D eigenvalue weighted by Gasteiger charge is 1.90. The summed E-state index contributed by atoms with van der Waals surface area (Å²) in [6.07, 6.45) is 1.58. The highest BCUT2D eigenvalue weighted by Crippen LogP contribution is 1.86. The maximum absolute atomic E-state index is 10.6. The summed E-state index contributed by atoms with van der Waals surface area (Å²) in [4.78, 5) is 10.6. The lowest BCUT2D eigenvalue weighted by molar-refractivity contribution is -0.112. The minimum atomic E-state index is 0.0661. The first-order valence-corrected chi connectivity index (χ1v) is 4.17. The fourth-order valence-electron chi connectivity index (χ4n) is 0.821. The molecular weight excluding hydrogens is 154 g/mol. The lowest BCUT2D eigenvalue weighted by Crippen LogP contribution is -2.18. The van der Waals surface area contributed by atoms with Crippen molar-refractivity contribution < 1.29 is 9.53 Å². The average molecular weight is 171 g/mol. The van der Waals surface area contributed by atoms with E-state index < -0.39 is 0 Å². The minimum absolute atomic E-state index is 0.0661. The molecule has 0 heterocycles. The van der Waals surface area contributed by atoms with Gasteiger partial charge in [-0.15, -0.1) is 0 Å². The summed E-state index contributed by atoms with van der Waals surface area (Å²) in [5.41, 5.74) is 0.891. The zero-order valence-corrected chi connectivity index (χ0v) is 8.02. The van der Waals surface area contributed by atoms with Gasteiger partial charge >= 0.3 is 0 Å². The molecule has 0 atom stereocenters. The van der Waals surface area contributed by atoms with Crippen LogP contribution >= 0.6 is 0 Å². The Bertz CT molecular complexity index is 164. The van der Waals surface area contributed by atoms with Gasteiger partial charge in [-0.3, -0.25) is 4.79 Å². The number of rotatable bonds is 6. The fraction of sp³-hybridized carbons (Fsp3) is 0.667. The van der Waals surface area contributed by atoms with E-state index in [1.54, 1.807) is 6.08 Å². The van der Waals surface area contributed by atoms with E-state index in [9.17, 15) is 4.79 Å². The quantitative estimate of drug-likeness (QED) is 0.480. The van der Waals surface area contributed by atoms with Crippen molar-refractivity contribution in [3.63, 3.8) is 0 Å². The van der Waals surface area contributed by atoms with E-state index in [2.05, 4.69) is 5.32 Å². The molecule has 0 aromatic carbocycles. The van der Waals surface area contributed by atoms with Gasteiger partial charge in [0.25, 0.3) is 0 Å². The maximum Gasteiger partial charge on any atom is 0.154 e. The molecule has 0 fully saturated rings. The summed E-state index contributed by atoms with van der Waals surface area (Å²) in [5.74, 6) is 0.0661. The van der Waals surface area contributed by atoms with Gasteiger partial charge in [0.05, 0.1) is 6.61 Å². The number of ketones is 1. The van der Waals surface area contributed by atoms with Crippen molar-refractivity contribution in [2.24, 2.45) is 0 Å². The normalized spacial score (nSPS) is 11.4. The molecule has 0 bridgehead atoms. The number of nitrogens with one attached hydrogen (secondary N) is 1. The third-order valence-electron chi connectivity index (χ3n) is 1.27. The largest absolute Gasteiger partial charge is 0.386 e. The second-order valence-corrected chi connectivity index (χ2v) is 2.56. The minimum Gasteiger partial charge on any atom is -0.386 e. The van der Waals surface area contributed by atoms with Crippen LogP contribution in [0.1, 0.15) is 20.8 Å². The third kappa shape index (κ3) is 7.28. The van der Waals surface area contributed by atoms with Gasteiger partial charge in [-0.05, 0) is 26.8 Å². The van der Waals surface area contributed by atoms with Gasteiger partial charge in [-0.1, -0.05) is 0 Å². The molecule has 0 saturated carbocycles. The van der Waals surface area contributed by atoms with Crippen molar-refractivity contribution in [2.75, 3.05) is 19.8 Å². The summed E-state index contributed by atoms with van der Waals surface area (Å²) in [5, 5.41) is 3.06. The van der Waals surface area contributed by atoms with Gasteiger partial charge < -0.3 is 10.1 Å². The van der Waals surface area contributed by atoms with Gasteiger partial charge in [0, 0.05) is 18.8 Å². The fourth-order valence-corrected chi connectivity index (χ4v) is 0.821. The van der Waals surface area contributed by atoms with Crippen molar-refractivity contribution >= 4 is 5.78 Å². The van der Waals surface area contributed by atoms with Crippen molar-refractivity contribution in [2.45, 2.75) is 20.8 Å². The molecule has 0 aliphatic rings. The summed E-state index contributed by atoms with van der Waals surface area (Å²) < 4.78 is 5.11. The molecule has 3 heteroatoms. The molecule has 0 saturated heterocycles. The van der Waals surface area contributed by atoms with Crippen LogP contribution in [0.15, 0.2) is 11.8 Å². The highest BCUT2D eigenvalue weighted by molar-refractivity contribution is 5.87. The number of ether oxygens (including phenoxy) is 1. The number of carbonyl (C=O) groups excluding carboxylic acids is 1. The average Bonchev–Trinajstić information content (AvgIpc) is 1.97. The van der Waals surface area contributed by atoms with Crippen LogP contribution in [0.3, 0.4) is 0 Å². The Balaban J connectivity index is 3.43. The highest BCUT2D eigenvalue weighted by atomic mass is 16.5. The van der Waals surface area contributed by atoms with Gasteiger partial charge in [0.2, 0.25) is 0 Å². The van der Waals surface area contributed by atoms with E-state index in [4.69, 9.17) is 4.74 Å². The van der Waals surface area contributed by atoms with Crippen molar-refractivity contribution in [1.29, 1.82) is 0 Å². The van der Waals surface area contributed by atoms with E-state index >= 15 is 0 Å². The van der Waals surface area contributed by atoms with E-state index in [1.165, 1.54) is 6.92 Å². The summed E-state index contributed by atoms with van der Waals surface area (Å²) in [6.45, 7) is 7.53. The van der Waals surface area contributed by atoms with E-state index in [0.717, 1.165) is 18.8 Å². The van der Waals surface area contributed by atoms with E-state index in [-0.39, 0.29) is 5.78 Å². The van der Waals surface area contributed by atoms with E-state index in [1.807, 2.05) is 13.8 Å². The van der Waals surface area contributed by atoms with Crippen molar-refractivity contribution in [1.82, 2.24) is 5.32 Å². The SMILES string of the molecule is CCOCCNC(C)=CC(C)=O. The Labute approximate surface area is 73.8 Å². The van der Waals surface area contributed by atoms with E-state index in [0.29, 0.717) is 6.61 Å². The Morgan fingerprint density at radius 2 is 2.17 bits per heavy atom. The van der Waals surface area contributed by atoms with Crippen LogP contribution in [-0.4, -0.2) is 25.5 Å². The molecule has 0 aromatic rings. The second kappa shape index (κ2) is 6.85. The first-order valence-electron chi connectivity index (χ1n) is 4.17. The predicted molar refractivity (Wildman–Crippen MR) is 48.9 cm³/mol. The molecule has 0 unspecified atom stereocenters. The van der Waals surface area contributed by atoms with Crippen LogP contribution in [-0.2, 0) is 9.53 Å². The molecule has 12 heavy (non-hydrogen) atoms. The standard InChI is InChI=1S/C9H17NO2/c1-4-12-6-5-10-8(2)7-9(3)11/h7,10H,4-6H2,1-3H3. The molecule has 0 amide bonds. The van der Waals surface area contributed by atoms with Crippen LogP contribution in [0.5, 0.6) is 0 Å². The Morgan fingerprint density at radius 3 is 2.67 bits per heavy atom. The van der Waals surface area contributed by atoms with Crippen LogP contribution in [0, 0.1) is 0 Å². The van der Waals surface area contributed by atoms with Gasteiger partial charge in [-0.25, -0.2) is 0 Å². The van der Waals surface area contributed by atoms with Crippen molar-refractivity contribution in [3.8, 4) is 0 Å². The second-order valence-electron chi connectivity index (χ2n) is 2.56. The first kappa shape index (κ1) is 11.2. The number of allylic oxidation sites excluding steroid dienone is 2. The molecule has 1 N–H and O–H groups in total. The van der Waals surface area contributed by atoms with Crippen LogP contribution < -0.4 is 5.32 Å². The Kier molecular flexibility index (Phi) is 6.38. The van der Waals surface area contributed by atoms with Gasteiger partial charge in [0.15, 0.2) is 5.78 Å². The molecule has 0 aliphatic carbocycles. The van der Waals surface area contributed by atoms with Gasteiger partial charge in [-0.2, -0.15) is 0 Å². The van der Waals surface area contributed by atoms with Crippen LogP contribution in [0.25, 0.3) is 0 Å². The zero-order chi connectivity index (χ0) is 9.40. The number of hydrogen-bond acceptors (Lipinski definition) is 3. The molecule has 70 valence electrons. The van der Waals surface area contributed by atoms with Crippen LogP contribution in [0.4, 0.5) is 0 Å². The lowest BCUT2D eigenvalue weighted by Gasteiger charge is -2.05. The molecular formula is C9H17NO2. The first-order chi connectivity index (χ1) is 5.66. The smallest absolute Gasteiger partial charge is 0.154 e. The third-order valence-corrected chi connectivity index (χ3v) is 1.27. The van der Waals surface area contributed by atoms with Gasteiger partial charge in [0.1, 0.15) is 0 Å². The summed E-state index contributed by atoms with van der Waals surface area (Å²) in [6, 6.07) is 0. The molecule has 0 spiro atoms. The Hall–Kier alpha value is -0.830. The van der Waals surface area contributed by atoms with Crippen molar-refractivity contribution in [3.05, 3.63) is 11.8 Å².